The second kappa shape index (κ2) is 8.83. The van der Waals surface area contributed by atoms with Crippen molar-refractivity contribution in [2.45, 2.75) is 44.9 Å². The average Bonchev–Trinajstić information content (AvgIpc) is 2.52. The van der Waals surface area contributed by atoms with Gasteiger partial charge in [-0.15, -0.1) is 0 Å². The van der Waals surface area contributed by atoms with E-state index in [1.165, 1.54) is 19.3 Å². The van der Waals surface area contributed by atoms with E-state index in [1.807, 2.05) is 6.07 Å². The predicted molar refractivity (Wildman–Crippen MR) is 84.5 cm³/mol. The Labute approximate surface area is 131 Å². The average molecular weight is 299 g/mol. The topological polar surface area (TPSA) is 74.5 Å². The van der Waals surface area contributed by atoms with Crippen molar-refractivity contribution in [3.05, 3.63) is 29.8 Å². The van der Waals surface area contributed by atoms with Crippen molar-refractivity contribution >= 4 is 11.6 Å². The molecule has 1 N–H and O–H groups in total. The van der Waals surface area contributed by atoms with Crippen molar-refractivity contribution in [3.8, 4) is 11.8 Å². The second-order valence-electron chi connectivity index (χ2n) is 5.41. The van der Waals surface area contributed by atoms with Gasteiger partial charge in [0.1, 0.15) is 5.75 Å². The van der Waals surface area contributed by atoms with Crippen LogP contribution >= 0.6 is 0 Å². The Kier molecular flexibility index (Phi) is 6.43. The first-order chi connectivity index (χ1) is 10.8. The number of hydrogen-bond acceptors (Lipinski definition) is 4. The van der Waals surface area contributed by atoms with Crippen LogP contribution in [0, 0.1) is 11.3 Å². The van der Waals surface area contributed by atoms with E-state index < -0.39 is 0 Å². The number of nitrogens with one attached hydrogen (secondary N) is 1. The highest BCUT2D eigenvalue weighted by Crippen LogP contribution is 2.14. The van der Waals surface area contributed by atoms with Gasteiger partial charge in [0.05, 0.1) is 11.6 Å². The summed E-state index contributed by atoms with van der Waals surface area (Å²) < 4.78 is 5.36. The second-order valence-corrected chi connectivity index (χ2v) is 5.41. The lowest BCUT2D eigenvalue weighted by Crippen LogP contribution is -2.26. The molecule has 1 aromatic rings. The van der Waals surface area contributed by atoms with Crippen LogP contribution in [-0.4, -0.2) is 18.2 Å². The summed E-state index contributed by atoms with van der Waals surface area (Å²) in [7, 11) is 0. The van der Waals surface area contributed by atoms with E-state index in [1.54, 1.807) is 24.3 Å². The van der Waals surface area contributed by atoms with Crippen LogP contribution < -0.4 is 10.2 Å². The molecule has 5 nitrogen and oxygen atoms in total. The molecule has 1 aliphatic rings. The fourth-order valence-corrected chi connectivity index (χ4v) is 2.37. The van der Waals surface area contributed by atoms with E-state index in [9.17, 15) is 4.79 Å². The fraction of sp³-hybridized carbons (Fsp3) is 0.471. The third-order valence-electron chi connectivity index (χ3n) is 3.62. The van der Waals surface area contributed by atoms with Crippen molar-refractivity contribution in [3.63, 3.8) is 0 Å². The molecule has 1 aliphatic carbocycles. The van der Waals surface area contributed by atoms with E-state index in [-0.39, 0.29) is 12.5 Å². The Morgan fingerprint density at radius 3 is 2.41 bits per heavy atom. The van der Waals surface area contributed by atoms with Crippen LogP contribution in [-0.2, 0) is 4.79 Å². The number of rotatable bonds is 4. The number of nitrogens with zero attached hydrogens (tertiary/aromatic N) is 2. The van der Waals surface area contributed by atoms with Gasteiger partial charge in [0.15, 0.2) is 6.61 Å². The molecular formula is C17H21N3O2. The van der Waals surface area contributed by atoms with Gasteiger partial charge >= 0.3 is 0 Å². The van der Waals surface area contributed by atoms with E-state index in [0.29, 0.717) is 11.3 Å². The molecule has 0 radical (unpaired) electrons. The highest BCUT2D eigenvalue weighted by atomic mass is 16.5. The summed E-state index contributed by atoms with van der Waals surface area (Å²) >= 11 is 0. The minimum absolute atomic E-state index is 0.0807. The van der Waals surface area contributed by atoms with Crippen LogP contribution in [0.1, 0.15) is 50.5 Å². The van der Waals surface area contributed by atoms with Crippen LogP contribution in [0.15, 0.2) is 29.4 Å². The van der Waals surface area contributed by atoms with Crippen LogP contribution in [0.3, 0.4) is 0 Å². The van der Waals surface area contributed by atoms with Gasteiger partial charge in [-0.1, -0.05) is 19.3 Å². The van der Waals surface area contributed by atoms with Crippen LogP contribution in [0.5, 0.6) is 5.75 Å². The van der Waals surface area contributed by atoms with E-state index in [4.69, 9.17) is 10.00 Å². The summed E-state index contributed by atoms with van der Waals surface area (Å²) in [5, 5.41) is 12.9. The molecule has 1 fully saturated rings. The largest absolute Gasteiger partial charge is 0.484 e. The third-order valence-corrected chi connectivity index (χ3v) is 3.62. The van der Waals surface area contributed by atoms with Crippen molar-refractivity contribution < 1.29 is 9.53 Å². The summed E-state index contributed by atoms with van der Waals surface area (Å²) in [4.78, 5) is 11.7. The van der Waals surface area contributed by atoms with Crippen LogP contribution in [0.2, 0.25) is 0 Å². The molecule has 0 aliphatic heterocycles. The first kappa shape index (κ1) is 16.0. The zero-order valence-electron chi connectivity index (χ0n) is 12.7. The monoisotopic (exact) mass is 299 g/mol. The van der Waals surface area contributed by atoms with Crippen molar-refractivity contribution in [2.24, 2.45) is 5.10 Å². The molecule has 22 heavy (non-hydrogen) atoms. The van der Waals surface area contributed by atoms with Crippen LogP contribution in [0.4, 0.5) is 0 Å². The number of amides is 1. The lowest BCUT2D eigenvalue weighted by molar-refractivity contribution is -0.123. The maximum Gasteiger partial charge on any atom is 0.277 e. The van der Waals surface area contributed by atoms with Gasteiger partial charge < -0.3 is 4.74 Å². The third kappa shape index (κ3) is 5.57. The van der Waals surface area contributed by atoms with Crippen molar-refractivity contribution in [1.29, 1.82) is 5.26 Å². The Bertz CT molecular complexity index is 548. The predicted octanol–water partition coefficient (Wildman–Crippen LogP) is 3.15. The molecule has 0 bridgehead atoms. The van der Waals surface area contributed by atoms with Crippen molar-refractivity contribution in [2.75, 3.05) is 6.61 Å². The SMILES string of the molecule is N#Cc1ccc(OCC(=O)NN=C2CCCCCCC2)cc1. The first-order valence-electron chi connectivity index (χ1n) is 7.75. The van der Waals surface area contributed by atoms with Gasteiger partial charge in [0, 0.05) is 5.71 Å². The molecule has 0 saturated heterocycles. The number of ether oxygens (including phenoxy) is 1. The quantitative estimate of drug-likeness (QED) is 0.868. The molecule has 0 heterocycles. The molecule has 0 spiro atoms. The molecule has 2 rings (SSSR count). The molecule has 116 valence electrons. The summed E-state index contributed by atoms with van der Waals surface area (Å²) in [5.41, 5.74) is 4.20. The zero-order valence-corrected chi connectivity index (χ0v) is 12.7. The van der Waals surface area contributed by atoms with Gasteiger partial charge in [-0.25, -0.2) is 5.43 Å². The Balaban J connectivity index is 1.75. The smallest absolute Gasteiger partial charge is 0.277 e. The standard InChI is InChI=1S/C17H21N3O2/c18-12-14-8-10-16(11-9-14)22-13-17(21)20-19-15-6-4-2-1-3-5-7-15/h8-11H,1-7,13H2,(H,20,21). The Morgan fingerprint density at radius 2 is 1.77 bits per heavy atom. The first-order valence-corrected chi connectivity index (χ1v) is 7.75. The van der Waals surface area contributed by atoms with E-state index in [2.05, 4.69) is 10.5 Å². The maximum atomic E-state index is 11.7. The molecule has 0 atom stereocenters. The minimum Gasteiger partial charge on any atom is -0.484 e. The molecule has 0 aromatic heterocycles. The van der Waals surface area contributed by atoms with E-state index in [0.717, 1.165) is 31.4 Å². The number of carbonyl (C=O) groups is 1. The number of hydrogen-bond donors (Lipinski definition) is 1. The fourth-order valence-electron chi connectivity index (χ4n) is 2.37. The van der Waals surface area contributed by atoms with Gasteiger partial charge in [0.25, 0.3) is 5.91 Å². The summed E-state index contributed by atoms with van der Waals surface area (Å²) in [5.74, 6) is 0.298. The summed E-state index contributed by atoms with van der Waals surface area (Å²) in [6.45, 7) is -0.0807. The number of nitriles is 1. The molecule has 1 aromatic carbocycles. The van der Waals surface area contributed by atoms with E-state index >= 15 is 0 Å². The maximum absolute atomic E-state index is 11.7. The summed E-state index contributed by atoms with van der Waals surface area (Å²) in [6.07, 6.45) is 8.03. The van der Waals surface area contributed by atoms with Crippen LogP contribution in [0.25, 0.3) is 0 Å². The minimum atomic E-state index is -0.265. The van der Waals surface area contributed by atoms with Gasteiger partial charge in [-0.3, -0.25) is 4.79 Å². The molecule has 1 amide bonds. The molecule has 1 saturated carbocycles. The summed E-state index contributed by atoms with van der Waals surface area (Å²) in [6, 6.07) is 8.69. The van der Waals surface area contributed by atoms with Gasteiger partial charge in [0.2, 0.25) is 0 Å². The van der Waals surface area contributed by atoms with Gasteiger partial charge in [-0.05, 0) is 49.9 Å². The van der Waals surface area contributed by atoms with Crippen molar-refractivity contribution in [1.82, 2.24) is 5.43 Å². The zero-order chi connectivity index (χ0) is 15.6. The lowest BCUT2D eigenvalue weighted by Gasteiger charge is -2.11. The molecular weight excluding hydrogens is 278 g/mol. The molecule has 0 unspecified atom stereocenters. The highest BCUT2D eigenvalue weighted by molar-refractivity contribution is 5.86. The Hall–Kier alpha value is -2.35. The highest BCUT2D eigenvalue weighted by Gasteiger charge is 2.06. The number of hydrazone groups is 1. The normalized spacial score (nSPS) is 15.1. The Morgan fingerprint density at radius 1 is 1.14 bits per heavy atom. The lowest BCUT2D eigenvalue weighted by atomic mass is 9.99. The van der Waals surface area contributed by atoms with Gasteiger partial charge in [-0.2, -0.15) is 10.4 Å². The number of benzene rings is 1. The molecule has 5 heteroatoms. The number of carbonyl (C=O) groups excluding carboxylic acids is 1.